The van der Waals surface area contributed by atoms with Crippen LogP contribution in [0.3, 0.4) is 0 Å². The second-order valence-corrected chi connectivity index (χ2v) is 5.50. The zero-order valence-corrected chi connectivity index (χ0v) is 10.3. The number of hydrogen-bond donors (Lipinski definition) is 2. The van der Waals surface area contributed by atoms with E-state index in [1.165, 1.54) is 11.3 Å². The third-order valence-corrected chi connectivity index (χ3v) is 4.30. The van der Waals surface area contributed by atoms with E-state index in [1.54, 1.807) is 12.1 Å². The van der Waals surface area contributed by atoms with Crippen LogP contribution in [0.15, 0.2) is 12.1 Å². The maximum absolute atomic E-state index is 10.5. The lowest BCUT2D eigenvalue weighted by Crippen LogP contribution is -2.33. The molecule has 17 heavy (non-hydrogen) atoms. The normalized spacial score (nSPS) is 24.1. The number of nitrogens with one attached hydrogen (secondary N) is 1. The first-order valence-electron chi connectivity index (χ1n) is 5.78. The Kier molecular flexibility index (Phi) is 4.09. The van der Waals surface area contributed by atoms with Crippen molar-refractivity contribution in [2.24, 2.45) is 5.92 Å². The number of rotatable bonds is 5. The summed E-state index contributed by atoms with van der Waals surface area (Å²) < 4.78 is 0. The van der Waals surface area contributed by atoms with Crippen LogP contribution in [0.1, 0.15) is 24.1 Å². The molecule has 5 nitrogen and oxygen atoms in total. The average Bonchev–Trinajstić information content (AvgIpc) is 2.95. The number of nitro groups is 1. The smallest absolute Gasteiger partial charge is 0.324 e. The summed E-state index contributed by atoms with van der Waals surface area (Å²) in [6.07, 6.45) is 3.30. The van der Waals surface area contributed by atoms with Crippen LogP contribution >= 0.6 is 11.3 Å². The Labute approximate surface area is 104 Å². The highest BCUT2D eigenvalue weighted by atomic mass is 32.1. The first kappa shape index (κ1) is 12.5. The minimum atomic E-state index is -0.361. The van der Waals surface area contributed by atoms with Gasteiger partial charge in [-0.1, -0.05) is 17.8 Å². The maximum atomic E-state index is 10.5. The molecule has 0 aliphatic heterocycles. The molecule has 1 aromatic rings. The summed E-state index contributed by atoms with van der Waals surface area (Å²) >= 11 is 1.21. The first-order chi connectivity index (χ1) is 8.20. The van der Waals surface area contributed by atoms with Gasteiger partial charge < -0.3 is 10.4 Å². The van der Waals surface area contributed by atoms with Crippen LogP contribution in [-0.4, -0.2) is 22.7 Å². The molecular formula is C11H16N2O3S. The molecule has 0 spiro atoms. The van der Waals surface area contributed by atoms with Crippen LogP contribution in [0.5, 0.6) is 0 Å². The van der Waals surface area contributed by atoms with E-state index < -0.39 is 0 Å². The average molecular weight is 256 g/mol. The van der Waals surface area contributed by atoms with Crippen molar-refractivity contribution >= 4 is 16.3 Å². The van der Waals surface area contributed by atoms with Gasteiger partial charge in [-0.15, -0.1) is 0 Å². The molecule has 1 aliphatic carbocycles. The number of thiophene rings is 1. The van der Waals surface area contributed by atoms with Crippen LogP contribution in [0, 0.1) is 16.0 Å². The molecular weight excluding hydrogens is 240 g/mol. The highest BCUT2D eigenvalue weighted by molar-refractivity contribution is 7.15. The molecule has 0 amide bonds. The van der Waals surface area contributed by atoms with Crippen LogP contribution in [0.4, 0.5) is 5.00 Å². The SMILES string of the molecule is O=[N+]([O-])c1ccc(CNC2CCCC2CO)s1. The summed E-state index contributed by atoms with van der Waals surface area (Å²) in [5.41, 5.74) is 0. The van der Waals surface area contributed by atoms with E-state index in [0.717, 1.165) is 24.1 Å². The van der Waals surface area contributed by atoms with Crippen molar-refractivity contribution in [2.75, 3.05) is 6.61 Å². The predicted molar refractivity (Wildman–Crippen MR) is 66.0 cm³/mol. The summed E-state index contributed by atoms with van der Waals surface area (Å²) in [6, 6.07) is 3.68. The van der Waals surface area contributed by atoms with E-state index in [4.69, 9.17) is 0 Å². The lowest BCUT2D eigenvalue weighted by molar-refractivity contribution is -0.380. The Morgan fingerprint density at radius 3 is 3.00 bits per heavy atom. The van der Waals surface area contributed by atoms with Crippen molar-refractivity contribution in [1.29, 1.82) is 0 Å². The highest BCUT2D eigenvalue weighted by Gasteiger charge is 2.26. The van der Waals surface area contributed by atoms with Gasteiger partial charge in [0.05, 0.1) is 4.92 Å². The molecule has 1 aliphatic rings. The van der Waals surface area contributed by atoms with E-state index >= 15 is 0 Å². The Morgan fingerprint density at radius 1 is 1.53 bits per heavy atom. The quantitative estimate of drug-likeness (QED) is 0.623. The first-order valence-corrected chi connectivity index (χ1v) is 6.59. The molecule has 6 heteroatoms. The van der Waals surface area contributed by atoms with E-state index in [9.17, 15) is 15.2 Å². The van der Waals surface area contributed by atoms with E-state index in [-0.39, 0.29) is 16.5 Å². The van der Waals surface area contributed by atoms with Crippen molar-refractivity contribution < 1.29 is 10.0 Å². The van der Waals surface area contributed by atoms with E-state index in [1.807, 2.05) is 0 Å². The molecule has 2 N–H and O–H groups in total. The van der Waals surface area contributed by atoms with Crippen LogP contribution in [-0.2, 0) is 6.54 Å². The molecule has 2 unspecified atom stereocenters. The highest BCUT2D eigenvalue weighted by Crippen LogP contribution is 2.27. The molecule has 1 heterocycles. The Balaban J connectivity index is 1.86. The summed E-state index contributed by atoms with van der Waals surface area (Å²) in [5, 5.41) is 23.3. The third-order valence-electron chi connectivity index (χ3n) is 3.26. The van der Waals surface area contributed by atoms with Gasteiger partial charge in [0.1, 0.15) is 0 Å². The van der Waals surface area contributed by atoms with Crippen molar-refractivity contribution in [2.45, 2.75) is 31.8 Å². The fourth-order valence-corrected chi connectivity index (χ4v) is 3.09. The second kappa shape index (κ2) is 5.57. The fourth-order valence-electron chi connectivity index (χ4n) is 2.32. The Bertz CT molecular complexity index is 394. The monoisotopic (exact) mass is 256 g/mol. The molecule has 0 radical (unpaired) electrons. The molecule has 1 saturated carbocycles. The molecule has 94 valence electrons. The van der Waals surface area contributed by atoms with Crippen molar-refractivity contribution in [3.8, 4) is 0 Å². The van der Waals surface area contributed by atoms with Crippen molar-refractivity contribution in [1.82, 2.24) is 5.32 Å². The van der Waals surface area contributed by atoms with Crippen LogP contribution < -0.4 is 5.32 Å². The van der Waals surface area contributed by atoms with Gasteiger partial charge in [0.15, 0.2) is 0 Å². The minimum Gasteiger partial charge on any atom is -0.396 e. The van der Waals surface area contributed by atoms with Gasteiger partial charge in [0.2, 0.25) is 0 Å². The number of hydrogen-bond acceptors (Lipinski definition) is 5. The zero-order valence-electron chi connectivity index (χ0n) is 9.46. The van der Waals surface area contributed by atoms with Gasteiger partial charge in [-0.3, -0.25) is 10.1 Å². The molecule has 2 atom stereocenters. The van der Waals surface area contributed by atoms with Gasteiger partial charge in [0.25, 0.3) is 0 Å². The van der Waals surface area contributed by atoms with Crippen molar-refractivity contribution in [3.05, 3.63) is 27.1 Å². The van der Waals surface area contributed by atoms with Crippen LogP contribution in [0.2, 0.25) is 0 Å². The molecule has 0 aromatic carbocycles. The topological polar surface area (TPSA) is 75.4 Å². The summed E-state index contributed by atoms with van der Waals surface area (Å²) in [7, 11) is 0. The van der Waals surface area contributed by atoms with E-state index in [2.05, 4.69) is 5.32 Å². The largest absolute Gasteiger partial charge is 0.396 e. The number of aliphatic hydroxyl groups is 1. The third kappa shape index (κ3) is 3.02. The molecule has 1 fully saturated rings. The molecule has 0 saturated heterocycles. The van der Waals surface area contributed by atoms with Gasteiger partial charge in [-0.25, -0.2) is 0 Å². The summed E-state index contributed by atoms with van der Waals surface area (Å²) in [5.74, 6) is 0.338. The van der Waals surface area contributed by atoms with Gasteiger partial charge >= 0.3 is 5.00 Å². The lowest BCUT2D eigenvalue weighted by Gasteiger charge is -2.18. The van der Waals surface area contributed by atoms with E-state index in [0.29, 0.717) is 18.5 Å². The van der Waals surface area contributed by atoms with Gasteiger partial charge in [-0.05, 0) is 24.8 Å². The number of aliphatic hydroxyl groups excluding tert-OH is 1. The zero-order chi connectivity index (χ0) is 12.3. The standard InChI is InChI=1S/C11H16N2O3S/c14-7-8-2-1-3-10(8)12-6-9-4-5-11(17-9)13(15)16/h4-5,8,10,12,14H,1-3,6-7H2. The number of nitrogens with zero attached hydrogens (tertiary/aromatic N) is 1. The lowest BCUT2D eigenvalue weighted by atomic mass is 10.1. The predicted octanol–water partition coefficient (Wildman–Crippen LogP) is 1.91. The Morgan fingerprint density at radius 2 is 2.35 bits per heavy atom. The second-order valence-electron chi connectivity index (χ2n) is 4.36. The van der Waals surface area contributed by atoms with Crippen LogP contribution in [0.25, 0.3) is 0 Å². The fraction of sp³-hybridized carbons (Fsp3) is 0.636. The summed E-state index contributed by atoms with van der Waals surface area (Å²) in [4.78, 5) is 11.1. The Hall–Kier alpha value is -0.980. The summed E-state index contributed by atoms with van der Waals surface area (Å²) in [6.45, 7) is 0.877. The van der Waals surface area contributed by atoms with Crippen molar-refractivity contribution in [3.63, 3.8) is 0 Å². The minimum absolute atomic E-state index is 0.187. The molecule has 2 rings (SSSR count). The van der Waals surface area contributed by atoms with Gasteiger partial charge in [0, 0.05) is 30.1 Å². The maximum Gasteiger partial charge on any atom is 0.324 e. The molecule has 0 bridgehead atoms. The molecule has 1 aromatic heterocycles. The van der Waals surface area contributed by atoms with Gasteiger partial charge in [-0.2, -0.15) is 0 Å².